The number of anilines is 1. The van der Waals surface area contributed by atoms with Crippen LogP contribution in [0, 0.1) is 0 Å². The molecule has 182 valence electrons. The molecule has 0 unspecified atom stereocenters. The van der Waals surface area contributed by atoms with Crippen LogP contribution in [0.2, 0.25) is 5.02 Å². The van der Waals surface area contributed by atoms with Gasteiger partial charge in [0.15, 0.2) is 17.6 Å². The molecule has 1 atom stereocenters. The molecule has 0 aromatic heterocycles. The summed E-state index contributed by atoms with van der Waals surface area (Å²) in [6, 6.07) is 17.8. The van der Waals surface area contributed by atoms with Crippen molar-refractivity contribution in [2.24, 2.45) is 0 Å². The van der Waals surface area contributed by atoms with Crippen molar-refractivity contribution in [3.05, 3.63) is 82.4 Å². The lowest BCUT2D eigenvalue weighted by molar-refractivity contribution is -0.139. The highest BCUT2D eigenvalue weighted by Gasteiger charge is 2.30. The predicted octanol–water partition coefficient (Wildman–Crippen LogP) is 5.31. The van der Waals surface area contributed by atoms with E-state index in [9.17, 15) is 9.59 Å². The van der Waals surface area contributed by atoms with Gasteiger partial charge in [0.25, 0.3) is 11.8 Å². The number of benzene rings is 3. The Balaban J connectivity index is 1.57. The minimum Gasteiger partial charge on any atom is -0.493 e. The summed E-state index contributed by atoms with van der Waals surface area (Å²) in [6.07, 6.45) is -0.0246. The molecule has 7 nitrogen and oxygen atoms in total. The van der Waals surface area contributed by atoms with Gasteiger partial charge in [0.2, 0.25) is 0 Å². The van der Waals surface area contributed by atoms with Gasteiger partial charge in [0.1, 0.15) is 5.75 Å². The van der Waals surface area contributed by atoms with Gasteiger partial charge in [0.05, 0.1) is 14.2 Å². The second kappa shape index (κ2) is 10.7. The van der Waals surface area contributed by atoms with Gasteiger partial charge >= 0.3 is 0 Å². The van der Waals surface area contributed by atoms with E-state index in [-0.39, 0.29) is 11.8 Å². The fraction of sp³-hybridized carbons (Fsp3) is 0.259. The van der Waals surface area contributed by atoms with Crippen molar-refractivity contribution in [2.75, 3.05) is 19.5 Å². The molecule has 1 N–H and O–H groups in total. The van der Waals surface area contributed by atoms with Crippen LogP contribution in [0.15, 0.2) is 60.7 Å². The molecule has 0 saturated heterocycles. The standard InChI is InChI=1S/C27H27ClN2O5/c1-4-22-27(32)30(15-17-5-8-20(28)9-6-17)16-19-13-21(10-12-23(19)35-22)29-26(31)18-7-11-24(33-2)25(14-18)34-3/h5-14,22H,4,15-16H2,1-3H3,(H,29,31)/t22-/m1/s1. The van der Waals surface area contributed by atoms with E-state index in [0.717, 1.165) is 11.1 Å². The van der Waals surface area contributed by atoms with E-state index in [1.807, 2.05) is 37.3 Å². The highest BCUT2D eigenvalue weighted by Crippen LogP contribution is 2.31. The minimum absolute atomic E-state index is 0.0745. The van der Waals surface area contributed by atoms with Crippen LogP contribution in [0.1, 0.15) is 34.8 Å². The molecule has 4 rings (SSSR count). The van der Waals surface area contributed by atoms with Gasteiger partial charge in [0, 0.05) is 34.9 Å². The monoisotopic (exact) mass is 494 g/mol. The van der Waals surface area contributed by atoms with Crippen LogP contribution in [0.5, 0.6) is 17.2 Å². The van der Waals surface area contributed by atoms with Crippen LogP contribution >= 0.6 is 11.6 Å². The van der Waals surface area contributed by atoms with Gasteiger partial charge in [-0.05, 0) is 60.5 Å². The number of carbonyl (C=O) groups is 2. The Hall–Kier alpha value is -3.71. The van der Waals surface area contributed by atoms with Gasteiger partial charge < -0.3 is 24.4 Å². The third-order valence-electron chi connectivity index (χ3n) is 5.84. The molecule has 35 heavy (non-hydrogen) atoms. The summed E-state index contributed by atoms with van der Waals surface area (Å²) in [5.41, 5.74) is 2.81. The molecule has 1 aliphatic rings. The number of nitrogens with one attached hydrogen (secondary N) is 1. The third kappa shape index (κ3) is 5.52. The van der Waals surface area contributed by atoms with Crippen molar-refractivity contribution in [1.29, 1.82) is 0 Å². The van der Waals surface area contributed by atoms with E-state index in [1.54, 1.807) is 42.3 Å². The van der Waals surface area contributed by atoms with Gasteiger partial charge in [-0.25, -0.2) is 0 Å². The summed E-state index contributed by atoms with van der Waals surface area (Å²) < 4.78 is 16.6. The Morgan fingerprint density at radius 2 is 1.80 bits per heavy atom. The lowest BCUT2D eigenvalue weighted by Gasteiger charge is -2.23. The van der Waals surface area contributed by atoms with Crippen LogP contribution in [-0.4, -0.2) is 37.0 Å². The summed E-state index contributed by atoms with van der Waals surface area (Å²) in [7, 11) is 3.06. The van der Waals surface area contributed by atoms with Crippen LogP contribution in [0.3, 0.4) is 0 Å². The first-order valence-electron chi connectivity index (χ1n) is 11.3. The molecular weight excluding hydrogens is 468 g/mol. The number of hydrogen-bond donors (Lipinski definition) is 1. The normalized spacial score (nSPS) is 15.0. The zero-order chi connectivity index (χ0) is 24.9. The van der Waals surface area contributed by atoms with Gasteiger partial charge in [-0.1, -0.05) is 30.7 Å². The Labute approximate surface area is 209 Å². The first-order valence-corrected chi connectivity index (χ1v) is 11.7. The number of rotatable bonds is 7. The molecule has 0 bridgehead atoms. The molecule has 0 saturated carbocycles. The molecule has 3 aromatic rings. The highest BCUT2D eigenvalue weighted by molar-refractivity contribution is 6.30. The van der Waals surface area contributed by atoms with E-state index in [1.165, 1.54) is 7.11 Å². The lowest BCUT2D eigenvalue weighted by atomic mass is 10.1. The number of amides is 2. The van der Waals surface area contributed by atoms with E-state index in [0.29, 0.717) is 53.0 Å². The number of halogens is 1. The number of nitrogens with zero attached hydrogens (tertiary/aromatic N) is 1. The highest BCUT2D eigenvalue weighted by atomic mass is 35.5. The van der Waals surface area contributed by atoms with E-state index < -0.39 is 6.10 Å². The Bertz CT molecular complexity index is 1230. The first kappa shape index (κ1) is 24.4. The maximum Gasteiger partial charge on any atom is 0.264 e. The molecule has 3 aromatic carbocycles. The third-order valence-corrected chi connectivity index (χ3v) is 6.09. The maximum absolute atomic E-state index is 13.2. The zero-order valence-corrected chi connectivity index (χ0v) is 20.6. The smallest absolute Gasteiger partial charge is 0.264 e. The maximum atomic E-state index is 13.2. The molecule has 8 heteroatoms. The molecule has 0 aliphatic carbocycles. The summed E-state index contributed by atoms with van der Waals surface area (Å²) in [5, 5.41) is 3.56. The van der Waals surface area contributed by atoms with Crippen LogP contribution < -0.4 is 19.5 Å². The Morgan fingerprint density at radius 3 is 2.49 bits per heavy atom. The number of ether oxygens (including phenoxy) is 3. The van der Waals surface area contributed by atoms with E-state index in [2.05, 4.69) is 5.32 Å². The van der Waals surface area contributed by atoms with Crippen LogP contribution in [0.25, 0.3) is 0 Å². The first-order chi connectivity index (χ1) is 16.9. The number of carbonyl (C=O) groups excluding carboxylic acids is 2. The van der Waals surface area contributed by atoms with Crippen LogP contribution in [0.4, 0.5) is 5.69 Å². The van der Waals surface area contributed by atoms with Crippen molar-refractivity contribution < 1.29 is 23.8 Å². The molecule has 0 spiro atoms. The molecular formula is C27H27ClN2O5. The summed E-state index contributed by atoms with van der Waals surface area (Å²) in [6.45, 7) is 2.71. The SMILES string of the molecule is CC[C@H]1Oc2ccc(NC(=O)c3ccc(OC)c(OC)c3)cc2CN(Cc2ccc(Cl)cc2)C1=O. The summed E-state index contributed by atoms with van der Waals surface area (Å²) in [4.78, 5) is 27.8. The average molecular weight is 495 g/mol. The van der Waals surface area contributed by atoms with Crippen molar-refractivity contribution in [1.82, 2.24) is 4.90 Å². The number of hydrogen-bond acceptors (Lipinski definition) is 5. The van der Waals surface area contributed by atoms with Gasteiger partial charge in [-0.2, -0.15) is 0 Å². The van der Waals surface area contributed by atoms with Crippen molar-refractivity contribution in [2.45, 2.75) is 32.5 Å². The quantitative estimate of drug-likeness (QED) is 0.481. The van der Waals surface area contributed by atoms with Gasteiger partial charge in [-0.3, -0.25) is 9.59 Å². The van der Waals surface area contributed by atoms with E-state index in [4.69, 9.17) is 25.8 Å². The molecule has 1 aliphatic heterocycles. The predicted molar refractivity (Wildman–Crippen MR) is 134 cm³/mol. The Morgan fingerprint density at radius 1 is 1.06 bits per heavy atom. The number of fused-ring (bicyclic) bond motifs is 1. The second-order valence-electron chi connectivity index (χ2n) is 8.18. The zero-order valence-electron chi connectivity index (χ0n) is 19.8. The largest absolute Gasteiger partial charge is 0.493 e. The number of methoxy groups -OCH3 is 2. The van der Waals surface area contributed by atoms with Crippen molar-refractivity contribution in [3.63, 3.8) is 0 Å². The fourth-order valence-electron chi connectivity index (χ4n) is 3.97. The average Bonchev–Trinajstić information content (AvgIpc) is 3.00. The van der Waals surface area contributed by atoms with Crippen molar-refractivity contribution >= 4 is 29.1 Å². The minimum atomic E-state index is -0.573. The topological polar surface area (TPSA) is 77.1 Å². The van der Waals surface area contributed by atoms with Gasteiger partial charge in [-0.15, -0.1) is 0 Å². The second-order valence-corrected chi connectivity index (χ2v) is 8.62. The Kier molecular flexibility index (Phi) is 7.46. The summed E-state index contributed by atoms with van der Waals surface area (Å²) in [5.74, 6) is 1.28. The van der Waals surface area contributed by atoms with Crippen LogP contribution in [-0.2, 0) is 17.9 Å². The van der Waals surface area contributed by atoms with E-state index >= 15 is 0 Å². The molecule has 0 radical (unpaired) electrons. The fourth-order valence-corrected chi connectivity index (χ4v) is 4.10. The summed E-state index contributed by atoms with van der Waals surface area (Å²) >= 11 is 6.01. The molecule has 0 fully saturated rings. The molecule has 1 heterocycles. The molecule has 2 amide bonds. The lowest BCUT2D eigenvalue weighted by Crippen LogP contribution is -2.38. The van der Waals surface area contributed by atoms with Crippen molar-refractivity contribution in [3.8, 4) is 17.2 Å².